The van der Waals surface area contributed by atoms with Gasteiger partial charge in [0.15, 0.2) is 86.2 Å². The molecule has 0 bridgehead atoms. The predicted octanol–water partition coefficient (Wildman–Crippen LogP) is -0.290. The first-order valence-electron chi connectivity index (χ1n) is 35.6. The highest BCUT2D eigenvalue weighted by Gasteiger charge is 2.63. The maximum absolute atomic E-state index is 13.7. The van der Waals surface area contributed by atoms with E-state index in [0.29, 0.717) is 10.9 Å². The Balaban J connectivity index is 1.36. The van der Waals surface area contributed by atoms with Gasteiger partial charge in [-0.3, -0.25) is 76.7 Å². The quantitative estimate of drug-likeness (QED) is 0.0532. The Morgan fingerprint density at radius 1 is 0.267 bits per heavy atom. The summed E-state index contributed by atoms with van der Waals surface area (Å²) in [5.41, 5.74) is -0.186. The zero-order valence-electron chi connectivity index (χ0n) is 65.7. The van der Waals surface area contributed by atoms with E-state index in [-0.39, 0.29) is 11.3 Å². The summed E-state index contributed by atoms with van der Waals surface area (Å²) >= 11 is 0. The van der Waals surface area contributed by atoms with Crippen LogP contribution in [0.3, 0.4) is 0 Å². The Labute approximate surface area is 659 Å². The normalized spacial score (nSPS) is 30.8. The van der Waals surface area contributed by atoms with E-state index < -0.39 is 288 Å². The molecule has 116 heavy (non-hydrogen) atoms. The smallest absolute Gasteiger partial charge is 0.336 e. The molecule has 2 aromatic rings. The first-order chi connectivity index (χ1) is 54.5. The molecule has 1 aromatic carbocycles. The molecule has 44 nitrogen and oxygen atoms in total. The molecule has 44 heteroatoms. The van der Waals surface area contributed by atoms with Gasteiger partial charge in [-0.05, 0) is 24.6 Å². The Morgan fingerprint density at radius 2 is 0.483 bits per heavy atom. The summed E-state index contributed by atoms with van der Waals surface area (Å²) in [5, 5.41) is 0.476. The van der Waals surface area contributed by atoms with E-state index in [1.54, 1.807) is 6.92 Å². The molecule has 6 heterocycles. The summed E-state index contributed by atoms with van der Waals surface area (Å²) < 4.78 is 160. The molecule has 0 amide bonds. The van der Waals surface area contributed by atoms with Crippen molar-refractivity contribution in [1.29, 1.82) is 0 Å². The highest BCUT2D eigenvalue weighted by atomic mass is 16.8. The molecule has 0 aliphatic carbocycles. The minimum Gasteiger partial charge on any atom is -0.463 e. The van der Waals surface area contributed by atoms with E-state index in [1.165, 1.54) is 24.3 Å². The minimum atomic E-state index is -2.36. The molecule has 15 unspecified atom stereocenters. The second kappa shape index (κ2) is 41.8. The number of hydrogen-bond donors (Lipinski definition) is 0. The van der Waals surface area contributed by atoms with Gasteiger partial charge in [0.2, 0.25) is 12.4 Å². The fourth-order valence-electron chi connectivity index (χ4n) is 12.9. The van der Waals surface area contributed by atoms with Gasteiger partial charge in [0.05, 0.1) is 0 Å². The minimum absolute atomic E-state index is 0.0251. The molecule has 5 aliphatic heterocycles. The monoisotopic (exact) mass is 1660 g/mol. The molecule has 0 spiro atoms. The summed E-state index contributed by atoms with van der Waals surface area (Å²) in [5.74, 6) is -17.7. The van der Waals surface area contributed by atoms with E-state index in [0.717, 1.165) is 111 Å². The molecule has 5 aliphatic rings. The summed E-state index contributed by atoms with van der Waals surface area (Å²) in [6.07, 6.45) is -51.6. The number of fused-ring (bicyclic) bond motifs is 1. The van der Waals surface area contributed by atoms with Crippen LogP contribution in [0.1, 0.15) is 116 Å². The van der Waals surface area contributed by atoms with Crippen LogP contribution >= 0.6 is 0 Å². The standard InChI is InChI=1S/C72H90O44/c1-27-20-52(89)107-46-21-44(18-19-45(27)46)106-68-63(101-39(13)84)59(97-35(9)80)54(48(108-68)23-91-29(3)74)113-70-65(103-41(15)86)61(99-37(11)82)56(50(110-70)25-93-31(5)76)115-72-67(105-43(17)88)62(100-38(12)83)57(51(112-72)26-94-32(6)77)116-71-66(104-42(16)87)60(98-36(10)81)55(49(111-71)24-92-30(4)75)114-69-64(102-40(14)85)58(96-34(8)79)53(95-33(7)78)47(109-69)22-90-28(2)73/h18-21,47-51,53-72H,22-26H2,1-17H3/t47?,48?,49?,50?,51?,53-,54-,55-,56-,57-,58?,59?,60?,61?,62?,63?,64?,65?,66?,67?,68+,69-,70-,71-,72-/m0/s1. The van der Waals surface area contributed by atoms with Crippen LogP contribution in [0.15, 0.2) is 33.5 Å². The van der Waals surface area contributed by atoms with Crippen LogP contribution in [-0.4, -0.2) is 282 Å². The number of carbonyl (C=O) groups excluding carboxylic acids is 16. The maximum atomic E-state index is 13.7. The molecule has 0 N–H and O–H groups in total. The highest BCUT2D eigenvalue weighted by Crippen LogP contribution is 2.42. The average molecular weight is 1660 g/mol. The van der Waals surface area contributed by atoms with Gasteiger partial charge >= 0.3 is 101 Å². The topological polar surface area (TPSA) is 543 Å². The molecule has 5 saturated heterocycles. The zero-order valence-corrected chi connectivity index (χ0v) is 65.7. The summed E-state index contributed by atoms with van der Waals surface area (Å²) in [4.78, 5) is 223. The van der Waals surface area contributed by atoms with Crippen molar-refractivity contribution < 1.29 is 204 Å². The predicted molar refractivity (Wildman–Crippen MR) is 365 cm³/mol. The largest absolute Gasteiger partial charge is 0.463 e. The first kappa shape index (κ1) is 92.6. The summed E-state index contributed by atoms with van der Waals surface area (Å²) in [7, 11) is 0. The molecule has 0 radical (unpaired) electrons. The van der Waals surface area contributed by atoms with E-state index in [2.05, 4.69) is 0 Å². The van der Waals surface area contributed by atoms with E-state index in [4.69, 9.17) is 128 Å². The van der Waals surface area contributed by atoms with Crippen molar-refractivity contribution in [3.63, 3.8) is 0 Å². The SMILES string of the molecule is CC(=O)OCC1O[C@@H](O[C@H]2C(COC(C)=O)O[C@@H](O[C@H]3C(COC(C)=O)O[C@@H](O[C@H]4C(COC(C)=O)O[C@@H](O[C@H]5C(COC(C)=O)O[C@@H](Oc6ccc7c(C)cc(=O)oc7c6)C(OC(C)=O)C5OC(C)=O)C(OC(C)=O)C4OC(C)=O)C(OC(C)=O)C3OC(C)=O)C(OC(C)=O)C2OC(C)=O)C(OC(C)=O)C(OC(C)=O)[C@H]1OC(C)=O. The van der Waals surface area contributed by atoms with Crippen molar-refractivity contribution in [2.45, 2.75) is 271 Å². The molecule has 7 rings (SSSR count). The molecule has 25 atom stereocenters. The number of benzene rings is 1. The van der Waals surface area contributed by atoms with Crippen molar-refractivity contribution in [3.8, 4) is 5.75 Å². The number of esters is 16. The third kappa shape index (κ3) is 26.2. The zero-order chi connectivity index (χ0) is 86.0. The fraction of sp³-hybridized carbons (Fsp3) is 0.653. The van der Waals surface area contributed by atoms with E-state index in [9.17, 15) is 81.5 Å². The second-order valence-electron chi connectivity index (χ2n) is 26.5. The van der Waals surface area contributed by atoms with Gasteiger partial charge in [0.25, 0.3) is 0 Å². The number of carbonyl (C=O) groups is 16. The van der Waals surface area contributed by atoms with Crippen LogP contribution in [0.5, 0.6) is 5.75 Å². The van der Waals surface area contributed by atoms with E-state index >= 15 is 0 Å². The third-order valence-electron chi connectivity index (χ3n) is 16.9. The van der Waals surface area contributed by atoms with Crippen molar-refractivity contribution in [3.05, 3.63) is 40.2 Å². The van der Waals surface area contributed by atoms with Crippen LogP contribution in [0, 0.1) is 6.92 Å². The van der Waals surface area contributed by atoms with Crippen LogP contribution in [0.2, 0.25) is 0 Å². The number of ether oxygens (including phenoxy) is 26. The van der Waals surface area contributed by atoms with Crippen LogP contribution in [0.4, 0.5) is 0 Å². The van der Waals surface area contributed by atoms with Crippen LogP contribution in [-0.2, 0) is 195 Å². The van der Waals surface area contributed by atoms with Crippen LogP contribution < -0.4 is 10.4 Å². The Bertz CT molecular complexity index is 4000. The van der Waals surface area contributed by atoms with Crippen LogP contribution in [0.25, 0.3) is 11.0 Å². The Kier molecular flexibility index (Phi) is 33.4. The van der Waals surface area contributed by atoms with Crippen molar-refractivity contribution in [1.82, 2.24) is 0 Å². The van der Waals surface area contributed by atoms with E-state index in [1.807, 2.05) is 0 Å². The maximum Gasteiger partial charge on any atom is 0.336 e. The van der Waals surface area contributed by atoms with Gasteiger partial charge in [-0.1, -0.05) is 0 Å². The Morgan fingerprint density at radius 3 is 0.733 bits per heavy atom. The third-order valence-corrected chi connectivity index (χ3v) is 16.9. The van der Waals surface area contributed by atoms with Gasteiger partial charge in [0.1, 0.15) is 99.3 Å². The average Bonchev–Trinajstić information content (AvgIpc) is 0.757. The first-order valence-corrected chi connectivity index (χ1v) is 35.6. The van der Waals surface area contributed by atoms with Gasteiger partial charge in [-0.2, -0.15) is 0 Å². The Hall–Kier alpha value is -10.6. The lowest BCUT2D eigenvalue weighted by Crippen LogP contribution is -2.70. The molecular formula is C72H90O44. The fourth-order valence-corrected chi connectivity index (χ4v) is 12.9. The number of hydrogen-bond acceptors (Lipinski definition) is 44. The van der Waals surface area contributed by atoms with Crippen molar-refractivity contribution >= 4 is 106 Å². The molecule has 1 aromatic heterocycles. The molecule has 0 saturated carbocycles. The highest BCUT2D eigenvalue weighted by molar-refractivity contribution is 5.81. The summed E-state index contributed by atoms with van der Waals surface area (Å²) in [6, 6.07) is 5.47. The lowest BCUT2D eigenvalue weighted by Gasteiger charge is -2.51. The van der Waals surface area contributed by atoms with Gasteiger partial charge in [-0.15, -0.1) is 0 Å². The van der Waals surface area contributed by atoms with Gasteiger partial charge in [0, 0.05) is 128 Å². The lowest BCUT2D eigenvalue weighted by atomic mass is 9.94. The van der Waals surface area contributed by atoms with Gasteiger partial charge in [-0.25, -0.2) is 4.79 Å². The summed E-state index contributed by atoms with van der Waals surface area (Å²) in [6.45, 7) is 11.6. The number of aryl methyl sites for hydroxylation is 1. The molecule has 642 valence electrons. The van der Waals surface area contributed by atoms with Gasteiger partial charge < -0.3 is 128 Å². The molecule has 5 fully saturated rings. The number of rotatable bonds is 31. The second-order valence-corrected chi connectivity index (χ2v) is 26.5. The van der Waals surface area contributed by atoms with Crippen molar-refractivity contribution in [2.75, 3.05) is 33.0 Å². The lowest BCUT2D eigenvalue weighted by molar-refractivity contribution is -0.392. The molecular weight excluding hydrogens is 1570 g/mol. The van der Waals surface area contributed by atoms with Crippen molar-refractivity contribution in [2.24, 2.45) is 0 Å².